The molecule has 2 aromatic rings. The third-order valence-electron chi connectivity index (χ3n) is 2.77. The molecule has 114 valence electrons. The van der Waals surface area contributed by atoms with Gasteiger partial charge in [0.2, 0.25) is 0 Å². The monoisotopic (exact) mass is 425 g/mol. The van der Waals surface area contributed by atoms with Crippen molar-refractivity contribution in [3.8, 4) is 0 Å². The van der Waals surface area contributed by atoms with E-state index in [4.69, 9.17) is 0 Å². The summed E-state index contributed by atoms with van der Waals surface area (Å²) in [5, 5.41) is 7.92. The average molecular weight is 427 g/mol. The highest BCUT2D eigenvalue weighted by molar-refractivity contribution is 9.11. The first kappa shape index (κ1) is 16.5. The number of carbonyl (C=O) groups excluding carboxylic acids is 2. The average Bonchev–Trinajstić information content (AvgIpc) is 2.45. The van der Waals surface area contributed by atoms with Crippen LogP contribution in [0, 0.1) is 0 Å². The molecule has 0 spiro atoms. The molecule has 0 saturated carbocycles. The highest BCUT2D eigenvalue weighted by Crippen LogP contribution is 2.23. The fourth-order valence-corrected chi connectivity index (χ4v) is 3.13. The van der Waals surface area contributed by atoms with Crippen LogP contribution in [0.25, 0.3) is 0 Å². The van der Waals surface area contributed by atoms with E-state index < -0.39 is 6.03 Å². The fourth-order valence-electron chi connectivity index (χ4n) is 1.84. The third kappa shape index (κ3) is 4.32. The number of urea groups is 1. The molecule has 0 bridgehead atoms. The minimum Gasteiger partial charge on any atom is -0.355 e. The Bertz CT molecular complexity index is 699. The Morgan fingerprint density at radius 2 is 1.59 bits per heavy atom. The number of carbonyl (C=O) groups is 2. The third-order valence-corrected chi connectivity index (χ3v) is 3.68. The van der Waals surface area contributed by atoms with Gasteiger partial charge in [0.25, 0.3) is 5.91 Å². The summed E-state index contributed by atoms with van der Waals surface area (Å²) in [4.78, 5) is 23.9. The van der Waals surface area contributed by atoms with Crippen LogP contribution >= 0.6 is 31.9 Å². The van der Waals surface area contributed by atoms with Crippen LogP contribution < -0.4 is 16.0 Å². The molecular weight excluding hydrogens is 414 g/mol. The molecule has 2 rings (SSSR count). The maximum Gasteiger partial charge on any atom is 0.323 e. The molecule has 0 fully saturated rings. The summed E-state index contributed by atoms with van der Waals surface area (Å²) in [5.41, 5.74) is 1.46. The van der Waals surface area contributed by atoms with Crippen molar-refractivity contribution >= 4 is 55.2 Å². The van der Waals surface area contributed by atoms with Gasteiger partial charge in [0.1, 0.15) is 0 Å². The highest BCUT2D eigenvalue weighted by atomic mass is 79.9. The van der Waals surface area contributed by atoms with Crippen LogP contribution in [0.5, 0.6) is 0 Å². The summed E-state index contributed by atoms with van der Waals surface area (Å²) in [6.07, 6.45) is 0. The van der Waals surface area contributed by atoms with E-state index in [2.05, 4.69) is 47.8 Å². The van der Waals surface area contributed by atoms with Crippen molar-refractivity contribution in [1.29, 1.82) is 0 Å². The lowest BCUT2D eigenvalue weighted by Crippen LogP contribution is -2.24. The summed E-state index contributed by atoms with van der Waals surface area (Å²) in [7, 11) is 1.54. The quantitative estimate of drug-likeness (QED) is 0.687. The van der Waals surface area contributed by atoms with Gasteiger partial charge >= 0.3 is 6.03 Å². The van der Waals surface area contributed by atoms with Crippen LogP contribution in [0.1, 0.15) is 10.4 Å². The van der Waals surface area contributed by atoms with Gasteiger partial charge in [0.05, 0.1) is 11.3 Å². The first-order valence-corrected chi connectivity index (χ1v) is 7.93. The van der Waals surface area contributed by atoms with Crippen LogP contribution in [-0.4, -0.2) is 19.0 Å². The van der Waals surface area contributed by atoms with Crippen molar-refractivity contribution in [2.75, 3.05) is 17.7 Å². The van der Waals surface area contributed by atoms with E-state index in [1.54, 1.807) is 36.4 Å². The van der Waals surface area contributed by atoms with Gasteiger partial charge in [-0.1, -0.05) is 44.0 Å². The van der Waals surface area contributed by atoms with Crippen molar-refractivity contribution in [2.24, 2.45) is 0 Å². The number of nitrogens with one attached hydrogen (secondary N) is 3. The van der Waals surface area contributed by atoms with Crippen molar-refractivity contribution < 1.29 is 9.59 Å². The topological polar surface area (TPSA) is 70.2 Å². The second-order valence-corrected chi connectivity index (χ2v) is 6.19. The van der Waals surface area contributed by atoms with Crippen LogP contribution in [0.3, 0.4) is 0 Å². The lowest BCUT2D eigenvalue weighted by molar-refractivity contribution is 0.0964. The predicted octanol–water partition coefficient (Wildman–Crippen LogP) is 4.22. The Kier molecular flexibility index (Phi) is 5.57. The van der Waals surface area contributed by atoms with Gasteiger partial charge in [-0.05, 0) is 30.3 Å². The van der Waals surface area contributed by atoms with Crippen molar-refractivity contribution in [2.45, 2.75) is 0 Å². The number of amides is 3. The normalized spacial score (nSPS) is 9.95. The molecule has 2 aromatic carbocycles. The first-order chi connectivity index (χ1) is 10.5. The van der Waals surface area contributed by atoms with Crippen molar-refractivity contribution in [1.82, 2.24) is 5.32 Å². The van der Waals surface area contributed by atoms with E-state index in [-0.39, 0.29) is 5.91 Å². The number of anilines is 2. The largest absolute Gasteiger partial charge is 0.355 e. The van der Waals surface area contributed by atoms with Gasteiger partial charge in [0.15, 0.2) is 0 Å². The summed E-state index contributed by atoms with van der Waals surface area (Å²) < 4.78 is 1.67. The molecule has 0 aliphatic carbocycles. The van der Waals surface area contributed by atoms with Crippen LogP contribution in [0.15, 0.2) is 51.4 Å². The molecule has 0 atom stereocenters. The minimum atomic E-state index is -0.429. The van der Waals surface area contributed by atoms with E-state index in [9.17, 15) is 9.59 Å². The second kappa shape index (κ2) is 7.42. The Labute approximate surface area is 144 Å². The summed E-state index contributed by atoms with van der Waals surface area (Å²) >= 11 is 6.71. The molecule has 0 saturated heterocycles. The van der Waals surface area contributed by atoms with E-state index in [1.807, 2.05) is 6.07 Å². The number of para-hydroxylation sites is 1. The Morgan fingerprint density at radius 3 is 2.23 bits per heavy atom. The molecule has 0 aliphatic heterocycles. The molecule has 3 N–H and O–H groups in total. The van der Waals surface area contributed by atoms with Gasteiger partial charge < -0.3 is 16.0 Å². The van der Waals surface area contributed by atoms with Gasteiger partial charge in [-0.25, -0.2) is 4.79 Å². The summed E-state index contributed by atoms with van der Waals surface area (Å²) in [6, 6.07) is 11.8. The summed E-state index contributed by atoms with van der Waals surface area (Å²) in [5.74, 6) is -0.263. The SMILES string of the molecule is CNC(=O)c1ccccc1NC(=O)Nc1cc(Br)cc(Br)c1. The maximum absolute atomic E-state index is 12.1. The highest BCUT2D eigenvalue weighted by Gasteiger charge is 2.12. The second-order valence-electron chi connectivity index (χ2n) is 4.36. The van der Waals surface area contributed by atoms with Gasteiger partial charge in [-0.3, -0.25) is 4.79 Å². The predicted molar refractivity (Wildman–Crippen MR) is 94.3 cm³/mol. The lowest BCUT2D eigenvalue weighted by Gasteiger charge is -2.11. The Balaban J connectivity index is 2.14. The zero-order valence-corrected chi connectivity index (χ0v) is 14.8. The van der Waals surface area contributed by atoms with Crippen LogP contribution in [-0.2, 0) is 0 Å². The van der Waals surface area contributed by atoms with E-state index in [0.717, 1.165) is 8.95 Å². The zero-order chi connectivity index (χ0) is 16.1. The Hall–Kier alpha value is -1.86. The number of rotatable bonds is 3. The molecule has 7 heteroatoms. The van der Waals surface area contributed by atoms with Crippen LogP contribution in [0.2, 0.25) is 0 Å². The number of halogens is 2. The van der Waals surface area contributed by atoms with Gasteiger partial charge in [-0.15, -0.1) is 0 Å². The number of hydrogen-bond acceptors (Lipinski definition) is 2. The lowest BCUT2D eigenvalue weighted by atomic mass is 10.1. The molecule has 0 aromatic heterocycles. The smallest absolute Gasteiger partial charge is 0.323 e. The van der Waals surface area contributed by atoms with Gasteiger partial charge in [0, 0.05) is 21.7 Å². The number of benzene rings is 2. The minimum absolute atomic E-state index is 0.263. The van der Waals surface area contributed by atoms with Crippen LogP contribution in [0.4, 0.5) is 16.2 Å². The van der Waals surface area contributed by atoms with E-state index >= 15 is 0 Å². The van der Waals surface area contributed by atoms with Gasteiger partial charge in [-0.2, -0.15) is 0 Å². The standard InChI is InChI=1S/C15H13Br2N3O2/c1-18-14(21)12-4-2-3-5-13(12)20-15(22)19-11-7-9(16)6-10(17)8-11/h2-8H,1H3,(H,18,21)(H2,19,20,22). The van der Waals surface area contributed by atoms with Crippen molar-refractivity contribution in [3.63, 3.8) is 0 Å². The molecular formula is C15H13Br2N3O2. The van der Waals surface area contributed by atoms with E-state index in [1.165, 1.54) is 7.05 Å². The first-order valence-electron chi connectivity index (χ1n) is 6.35. The van der Waals surface area contributed by atoms with Crippen molar-refractivity contribution in [3.05, 3.63) is 57.0 Å². The molecule has 5 nitrogen and oxygen atoms in total. The summed E-state index contributed by atoms with van der Waals surface area (Å²) in [6.45, 7) is 0. The maximum atomic E-state index is 12.1. The molecule has 0 heterocycles. The molecule has 0 radical (unpaired) electrons. The molecule has 22 heavy (non-hydrogen) atoms. The molecule has 0 unspecified atom stereocenters. The molecule has 3 amide bonds. The van der Waals surface area contributed by atoms with E-state index in [0.29, 0.717) is 16.9 Å². The Morgan fingerprint density at radius 1 is 0.955 bits per heavy atom. The molecule has 0 aliphatic rings. The fraction of sp³-hybridized carbons (Fsp3) is 0.0667. The number of hydrogen-bond donors (Lipinski definition) is 3. The zero-order valence-electron chi connectivity index (χ0n) is 11.6.